The highest BCUT2D eigenvalue weighted by atomic mass is 16.5. The molecule has 5 heteroatoms. The number of hydrogen-bond acceptors (Lipinski definition) is 4. The van der Waals surface area contributed by atoms with Crippen molar-refractivity contribution in [1.29, 1.82) is 0 Å². The summed E-state index contributed by atoms with van der Waals surface area (Å²) in [5.74, 6) is 0.612. The molecule has 1 amide bonds. The molecule has 1 aromatic rings. The second-order valence-electron chi connectivity index (χ2n) is 6.72. The summed E-state index contributed by atoms with van der Waals surface area (Å²) in [6, 6.07) is 8.00. The molecule has 0 saturated carbocycles. The molecule has 1 atom stereocenters. The van der Waals surface area contributed by atoms with Crippen LogP contribution in [-0.2, 0) is 11.3 Å². The van der Waals surface area contributed by atoms with Gasteiger partial charge in [-0.25, -0.2) is 0 Å². The maximum Gasteiger partial charge on any atom is 0.256 e. The molecule has 23 heavy (non-hydrogen) atoms. The average molecular weight is 320 g/mol. The summed E-state index contributed by atoms with van der Waals surface area (Å²) in [6.07, 6.45) is 1.34. The van der Waals surface area contributed by atoms with Crippen molar-refractivity contribution in [3.63, 3.8) is 0 Å². The smallest absolute Gasteiger partial charge is 0.256 e. The first-order valence-corrected chi connectivity index (χ1v) is 8.20. The molecule has 1 saturated heterocycles. The number of rotatable bonds is 6. The van der Waals surface area contributed by atoms with E-state index in [1.165, 1.54) is 0 Å². The van der Waals surface area contributed by atoms with Gasteiger partial charge in [-0.1, -0.05) is 12.1 Å². The number of hydrogen-bond donors (Lipinski definition) is 1. The zero-order valence-electron chi connectivity index (χ0n) is 14.6. The largest absolute Gasteiger partial charge is 0.497 e. The quantitative estimate of drug-likeness (QED) is 0.870. The molecule has 1 aliphatic rings. The fraction of sp³-hybridized carbons (Fsp3) is 0.611. The van der Waals surface area contributed by atoms with Crippen molar-refractivity contribution in [2.24, 2.45) is 0 Å². The maximum atomic E-state index is 12.8. The van der Waals surface area contributed by atoms with Crippen LogP contribution in [0, 0.1) is 0 Å². The molecule has 0 aliphatic carbocycles. The number of nitrogens with zero attached hydrogens (tertiary/aromatic N) is 2. The Balaban J connectivity index is 2.09. The van der Waals surface area contributed by atoms with Crippen molar-refractivity contribution in [1.82, 2.24) is 9.80 Å². The minimum absolute atomic E-state index is 0.168. The molecule has 1 N–H and O–H groups in total. The molecule has 1 aliphatic heterocycles. The van der Waals surface area contributed by atoms with E-state index < -0.39 is 5.60 Å². The van der Waals surface area contributed by atoms with E-state index in [2.05, 4.69) is 13.8 Å². The van der Waals surface area contributed by atoms with Gasteiger partial charge < -0.3 is 19.6 Å². The highest BCUT2D eigenvalue weighted by Crippen LogP contribution is 2.26. The number of likely N-dealkylation sites (tertiary alicyclic amines) is 1. The third-order valence-electron chi connectivity index (χ3n) is 4.60. The minimum atomic E-state index is -1.28. The van der Waals surface area contributed by atoms with Crippen molar-refractivity contribution in [2.75, 3.05) is 27.2 Å². The number of carbonyl (C=O) groups excluding carboxylic acids is 1. The Labute approximate surface area is 138 Å². The molecule has 5 nitrogen and oxygen atoms in total. The lowest BCUT2D eigenvalue weighted by molar-refractivity contribution is -0.160. The van der Waals surface area contributed by atoms with E-state index in [9.17, 15) is 9.90 Å². The van der Waals surface area contributed by atoms with Crippen LogP contribution < -0.4 is 4.74 Å². The first kappa shape index (κ1) is 17.8. The average Bonchev–Trinajstić information content (AvgIpc) is 2.52. The summed E-state index contributed by atoms with van der Waals surface area (Å²) >= 11 is 0. The summed E-state index contributed by atoms with van der Waals surface area (Å²) < 4.78 is 5.23. The van der Waals surface area contributed by atoms with E-state index in [-0.39, 0.29) is 5.91 Å². The van der Waals surface area contributed by atoms with Crippen molar-refractivity contribution in [3.05, 3.63) is 29.8 Å². The molecule has 1 aromatic carbocycles. The van der Waals surface area contributed by atoms with Crippen molar-refractivity contribution >= 4 is 5.91 Å². The van der Waals surface area contributed by atoms with Crippen LogP contribution in [0.4, 0.5) is 0 Å². The van der Waals surface area contributed by atoms with Gasteiger partial charge in [-0.15, -0.1) is 0 Å². The van der Waals surface area contributed by atoms with Crippen molar-refractivity contribution < 1.29 is 14.6 Å². The van der Waals surface area contributed by atoms with E-state index in [0.717, 1.165) is 17.7 Å². The summed E-state index contributed by atoms with van der Waals surface area (Å²) in [5.41, 5.74) is -0.268. The monoisotopic (exact) mass is 320 g/mol. The first-order chi connectivity index (χ1) is 10.9. The van der Waals surface area contributed by atoms with Gasteiger partial charge in [0.1, 0.15) is 5.75 Å². The van der Waals surface area contributed by atoms with Crippen LogP contribution >= 0.6 is 0 Å². The van der Waals surface area contributed by atoms with E-state index in [1.54, 1.807) is 12.0 Å². The lowest BCUT2D eigenvalue weighted by atomic mass is 9.90. The van der Waals surface area contributed by atoms with Crippen molar-refractivity contribution in [3.8, 4) is 5.75 Å². The van der Waals surface area contributed by atoms with Gasteiger partial charge in [0, 0.05) is 25.7 Å². The zero-order valence-corrected chi connectivity index (χ0v) is 14.6. The molecular weight excluding hydrogens is 292 g/mol. The first-order valence-electron chi connectivity index (χ1n) is 8.20. The molecule has 1 heterocycles. The second-order valence-corrected chi connectivity index (χ2v) is 6.72. The minimum Gasteiger partial charge on any atom is -0.497 e. The van der Waals surface area contributed by atoms with Gasteiger partial charge in [-0.05, 0) is 51.4 Å². The number of likely N-dealkylation sites (N-methyl/N-ethyl adjacent to an activating group) is 1. The number of benzene rings is 1. The van der Waals surface area contributed by atoms with Gasteiger partial charge in [-0.3, -0.25) is 4.79 Å². The Morgan fingerprint density at radius 3 is 2.83 bits per heavy atom. The highest BCUT2D eigenvalue weighted by molar-refractivity contribution is 5.86. The molecule has 0 aromatic heterocycles. The summed E-state index contributed by atoms with van der Waals surface area (Å²) in [7, 11) is 3.57. The Morgan fingerprint density at radius 2 is 2.17 bits per heavy atom. The number of amides is 1. The highest BCUT2D eigenvalue weighted by Gasteiger charge is 2.43. The van der Waals surface area contributed by atoms with Crippen LogP contribution in [0.5, 0.6) is 5.75 Å². The van der Waals surface area contributed by atoms with E-state index in [4.69, 9.17) is 4.74 Å². The van der Waals surface area contributed by atoms with Crippen LogP contribution in [0.25, 0.3) is 0 Å². The second kappa shape index (κ2) is 7.32. The molecule has 2 rings (SSSR count). The number of ether oxygens (including phenoxy) is 1. The van der Waals surface area contributed by atoms with Crippen LogP contribution in [0.1, 0.15) is 32.3 Å². The summed E-state index contributed by atoms with van der Waals surface area (Å²) in [5, 5.41) is 10.9. The van der Waals surface area contributed by atoms with Crippen molar-refractivity contribution in [2.45, 2.75) is 44.9 Å². The Kier molecular flexibility index (Phi) is 5.65. The SMILES string of the molecule is COc1cccc(CN2CCCC(O)(CN(C)C(C)C)C2=O)c1. The maximum absolute atomic E-state index is 12.8. The van der Waals surface area contributed by atoms with Gasteiger partial charge in [0.2, 0.25) is 0 Å². The van der Waals surface area contributed by atoms with E-state index in [1.807, 2.05) is 36.2 Å². The number of aliphatic hydroxyl groups is 1. The van der Waals surface area contributed by atoms with Gasteiger partial charge in [0.15, 0.2) is 5.60 Å². The van der Waals surface area contributed by atoms with Gasteiger partial charge >= 0.3 is 0 Å². The fourth-order valence-corrected chi connectivity index (χ4v) is 2.95. The standard InChI is InChI=1S/C18H28N2O3/c1-14(2)19(3)13-18(22)9-6-10-20(17(18)21)12-15-7-5-8-16(11-15)23-4/h5,7-8,11,14,22H,6,9-10,12-13H2,1-4H3. The zero-order chi connectivity index (χ0) is 17.0. The van der Waals surface area contributed by atoms with Crippen LogP contribution in [0.3, 0.4) is 0 Å². The Bertz CT molecular complexity index is 547. The number of carbonyl (C=O) groups is 1. The normalized spacial score (nSPS) is 22.0. The molecule has 1 unspecified atom stereocenters. The van der Waals surface area contributed by atoms with Crippen LogP contribution in [0.15, 0.2) is 24.3 Å². The summed E-state index contributed by atoms with van der Waals surface area (Å²) in [4.78, 5) is 16.6. The number of piperidine rings is 1. The molecule has 0 radical (unpaired) electrons. The topological polar surface area (TPSA) is 53.0 Å². The fourth-order valence-electron chi connectivity index (χ4n) is 2.95. The van der Waals surface area contributed by atoms with Gasteiger partial charge in [0.25, 0.3) is 5.91 Å². The Morgan fingerprint density at radius 1 is 1.43 bits per heavy atom. The lowest BCUT2D eigenvalue weighted by Crippen LogP contribution is -2.58. The van der Waals surface area contributed by atoms with Crippen LogP contribution in [-0.4, -0.2) is 59.7 Å². The van der Waals surface area contributed by atoms with E-state index >= 15 is 0 Å². The molecule has 1 fully saturated rings. The lowest BCUT2D eigenvalue weighted by Gasteiger charge is -2.41. The van der Waals surface area contributed by atoms with Gasteiger partial charge in [0.05, 0.1) is 7.11 Å². The number of methoxy groups -OCH3 is 1. The third kappa shape index (κ3) is 4.24. The molecule has 128 valence electrons. The Hall–Kier alpha value is -1.59. The molecule has 0 bridgehead atoms. The summed E-state index contributed by atoms with van der Waals surface area (Å²) in [6.45, 7) is 5.68. The predicted octanol–water partition coefficient (Wildman–Crippen LogP) is 1.89. The third-order valence-corrected chi connectivity index (χ3v) is 4.60. The molecular formula is C18H28N2O3. The molecule has 0 spiro atoms. The van der Waals surface area contributed by atoms with Crippen LogP contribution in [0.2, 0.25) is 0 Å². The predicted molar refractivity (Wildman–Crippen MR) is 90.4 cm³/mol. The van der Waals surface area contributed by atoms with E-state index in [0.29, 0.717) is 32.1 Å². The van der Waals surface area contributed by atoms with Gasteiger partial charge in [-0.2, -0.15) is 0 Å².